The summed E-state index contributed by atoms with van der Waals surface area (Å²) in [5.74, 6) is 0. The van der Waals surface area contributed by atoms with Crippen LogP contribution in [-0.2, 0) is 0 Å². The molecule has 0 amide bonds. The van der Waals surface area contributed by atoms with Crippen molar-refractivity contribution in [1.82, 2.24) is 9.78 Å². The first-order chi connectivity index (χ1) is 7.18. The maximum atomic E-state index is 12.3. The lowest BCUT2D eigenvalue weighted by molar-refractivity contribution is 0.145. The van der Waals surface area contributed by atoms with E-state index in [1.807, 2.05) is 0 Å². The standard InChI is InChI=1S/C10H8F2N2O/c11-10(12)8-6-9(15)14(13-8)7-4-2-1-3-5-7/h1-6,10,13H. The molecule has 0 saturated carbocycles. The van der Waals surface area contributed by atoms with E-state index >= 15 is 0 Å². The summed E-state index contributed by atoms with van der Waals surface area (Å²) in [4.78, 5) is 11.3. The average Bonchev–Trinajstić information content (AvgIpc) is 2.62. The third-order valence-electron chi connectivity index (χ3n) is 1.99. The lowest BCUT2D eigenvalue weighted by Gasteiger charge is -2.00. The summed E-state index contributed by atoms with van der Waals surface area (Å²) in [5, 5.41) is 2.35. The molecule has 0 radical (unpaired) electrons. The molecular weight excluding hydrogens is 202 g/mol. The van der Waals surface area contributed by atoms with Crippen molar-refractivity contribution >= 4 is 0 Å². The van der Waals surface area contributed by atoms with Crippen molar-refractivity contribution in [1.29, 1.82) is 0 Å². The van der Waals surface area contributed by atoms with Gasteiger partial charge in [-0.2, -0.15) is 0 Å². The second kappa shape index (κ2) is 3.68. The van der Waals surface area contributed by atoms with Crippen LogP contribution in [0.1, 0.15) is 12.1 Å². The molecule has 0 aliphatic heterocycles. The molecule has 1 heterocycles. The number of alkyl halides is 2. The number of aromatic nitrogens is 2. The highest BCUT2D eigenvalue weighted by molar-refractivity contribution is 5.30. The molecule has 2 aromatic rings. The Bertz CT molecular complexity index is 502. The van der Waals surface area contributed by atoms with E-state index in [0.717, 1.165) is 10.7 Å². The summed E-state index contributed by atoms with van der Waals surface area (Å²) in [7, 11) is 0. The van der Waals surface area contributed by atoms with Gasteiger partial charge in [-0.05, 0) is 12.1 Å². The van der Waals surface area contributed by atoms with Gasteiger partial charge in [0.05, 0.1) is 5.69 Å². The molecule has 1 aromatic carbocycles. The van der Waals surface area contributed by atoms with Gasteiger partial charge < -0.3 is 0 Å². The Morgan fingerprint density at radius 3 is 2.40 bits per heavy atom. The number of nitrogens with one attached hydrogen (secondary N) is 1. The number of nitrogens with zero attached hydrogens (tertiary/aromatic N) is 1. The van der Waals surface area contributed by atoms with E-state index in [-0.39, 0.29) is 5.69 Å². The molecule has 78 valence electrons. The number of halogens is 2. The minimum absolute atomic E-state index is 0.371. The van der Waals surface area contributed by atoms with Crippen molar-refractivity contribution in [2.24, 2.45) is 0 Å². The van der Waals surface area contributed by atoms with Crippen molar-refractivity contribution in [3.8, 4) is 5.69 Å². The number of H-pyrrole nitrogens is 1. The van der Waals surface area contributed by atoms with Crippen LogP contribution in [0.25, 0.3) is 5.69 Å². The maximum Gasteiger partial charge on any atom is 0.279 e. The van der Waals surface area contributed by atoms with E-state index in [0.29, 0.717) is 5.69 Å². The van der Waals surface area contributed by atoms with E-state index in [1.165, 1.54) is 0 Å². The smallest absolute Gasteiger partial charge is 0.279 e. The lowest BCUT2D eigenvalue weighted by atomic mass is 10.3. The Kier molecular flexibility index (Phi) is 2.37. The van der Waals surface area contributed by atoms with Crippen molar-refractivity contribution in [3.63, 3.8) is 0 Å². The van der Waals surface area contributed by atoms with Gasteiger partial charge in [-0.25, -0.2) is 13.5 Å². The molecule has 0 atom stereocenters. The molecule has 0 bridgehead atoms. The van der Waals surface area contributed by atoms with Crippen molar-refractivity contribution < 1.29 is 8.78 Å². The van der Waals surface area contributed by atoms with Gasteiger partial charge in [0.25, 0.3) is 12.0 Å². The van der Waals surface area contributed by atoms with Crippen LogP contribution >= 0.6 is 0 Å². The molecule has 0 fully saturated rings. The van der Waals surface area contributed by atoms with Crippen LogP contribution in [0, 0.1) is 0 Å². The predicted octanol–water partition coefficient (Wildman–Crippen LogP) is 2.10. The summed E-state index contributed by atoms with van der Waals surface area (Å²) in [6, 6.07) is 9.46. The number of aromatic amines is 1. The highest BCUT2D eigenvalue weighted by Gasteiger charge is 2.12. The Morgan fingerprint density at radius 1 is 1.20 bits per heavy atom. The van der Waals surface area contributed by atoms with Crippen LogP contribution in [0.15, 0.2) is 41.2 Å². The second-order valence-electron chi connectivity index (χ2n) is 3.02. The van der Waals surface area contributed by atoms with Gasteiger partial charge in [-0.15, -0.1) is 0 Å². The quantitative estimate of drug-likeness (QED) is 0.809. The number of para-hydroxylation sites is 1. The first-order valence-electron chi connectivity index (χ1n) is 4.34. The zero-order valence-electron chi connectivity index (χ0n) is 7.65. The molecule has 3 nitrogen and oxygen atoms in total. The van der Waals surface area contributed by atoms with E-state index in [2.05, 4.69) is 5.10 Å². The van der Waals surface area contributed by atoms with Crippen LogP contribution in [0.3, 0.4) is 0 Å². The molecule has 0 aliphatic carbocycles. The first kappa shape index (κ1) is 9.64. The zero-order valence-corrected chi connectivity index (χ0v) is 7.65. The number of hydrogen-bond acceptors (Lipinski definition) is 1. The molecule has 0 aliphatic rings. The molecule has 0 saturated heterocycles. The van der Waals surface area contributed by atoms with E-state index in [9.17, 15) is 13.6 Å². The summed E-state index contributed by atoms with van der Waals surface area (Å²) in [5.41, 5.74) is -0.324. The third kappa shape index (κ3) is 1.81. The number of benzene rings is 1. The fourth-order valence-corrected chi connectivity index (χ4v) is 1.29. The summed E-state index contributed by atoms with van der Waals surface area (Å²) in [6.07, 6.45) is -2.66. The van der Waals surface area contributed by atoms with Crippen LogP contribution in [0.5, 0.6) is 0 Å². The Labute approximate surface area is 84.0 Å². The first-order valence-corrected chi connectivity index (χ1v) is 4.34. The van der Waals surface area contributed by atoms with Gasteiger partial charge >= 0.3 is 0 Å². The molecule has 1 aromatic heterocycles. The van der Waals surface area contributed by atoms with Gasteiger partial charge in [0.15, 0.2) is 0 Å². The molecule has 0 spiro atoms. The van der Waals surface area contributed by atoms with Crippen LogP contribution < -0.4 is 5.56 Å². The fourth-order valence-electron chi connectivity index (χ4n) is 1.29. The SMILES string of the molecule is O=c1cc(C(F)F)[nH]n1-c1ccccc1. The molecule has 2 rings (SSSR count). The predicted molar refractivity (Wildman–Crippen MR) is 51.3 cm³/mol. The minimum atomic E-state index is -2.66. The molecule has 15 heavy (non-hydrogen) atoms. The van der Waals surface area contributed by atoms with Crippen molar-refractivity contribution in [3.05, 3.63) is 52.4 Å². The van der Waals surface area contributed by atoms with Crippen molar-refractivity contribution in [2.45, 2.75) is 6.43 Å². The highest BCUT2D eigenvalue weighted by Crippen LogP contribution is 2.14. The average molecular weight is 210 g/mol. The highest BCUT2D eigenvalue weighted by atomic mass is 19.3. The van der Waals surface area contributed by atoms with E-state index < -0.39 is 12.0 Å². The lowest BCUT2D eigenvalue weighted by Crippen LogP contribution is -2.12. The maximum absolute atomic E-state index is 12.3. The van der Waals surface area contributed by atoms with Crippen LogP contribution in [-0.4, -0.2) is 9.78 Å². The largest absolute Gasteiger partial charge is 0.289 e. The second-order valence-corrected chi connectivity index (χ2v) is 3.02. The Morgan fingerprint density at radius 2 is 1.87 bits per heavy atom. The van der Waals surface area contributed by atoms with Gasteiger partial charge in [-0.1, -0.05) is 18.2 Å². The van der Waals surface area contributed by atoms with Gasteiger partial charge in [0.2, 0.25) is 0 Å². The number of hydrogen-bond donors (Lipinski definition) is 1. The van der Waals surface area contributed by atoms with Crippen LogP contribution in [0.2, 0.25) is 0 Å². The van der Waals surface area contributed by atoms with E-state index in [4.69, 9.17) is 0 Å². The molecule has 1 N–H and O–H groups in total. The van der Waals surface area contributed by atoms with Crippen LogP contribution in [0.4, 0.5) is 8.78 Å². The topological polar surface area (TPSA) is 37.8 Å². The normalized spacial score (nSPS) is 10.9. The van der Waals surface area contributed by atoms with E-state index in [1.54, 1.807) is 30.3 Å². The van der Waals surface area contributed by atoms with Gasteiger partial charge in [0.1, 0.15) is 5.69 Å². The zero-order chi connectivity index (χ0) is 10.8. The minimum Gasteiger partial charge on any atom is -0.289 e. The Hall–Kier alpha value is -1.91. The summed E-state index contributed by atoms with van der Waals surface area (Å²) in [6.45, 7) is 0. The van der Waals surface area contributed by atoms with Gasteiger partial charge in [-0.3, -0.25) is 9.89 Å². The van der Waals surface area contributed by atoms with Crippen molar-refractivity contribution in [2.75, 3.05) is 0 Å². The molecule has 0 unspecified atom stereocenters. The summed E-state index contributed by atoms with van der Waals surface area (Å²) < 4.78 is 25.7. The summed E-state index contributed by atoms with van der Waals surface area (Å²) >= 11 is 0. The third-order valence-corrected chi connectivity index (χ3v) is 1.99. The molecule has 5 heteroatoms. The fraction of sp³-hybridized carbons (Fsp3) is 0.100. The monoisotopic (exact) mass is 210 g/mol. The van der Waals surface area contributed by atoms with Gasteiger partial charge in [0, 0.05) is 6.07 Å². The Balaban J connectivity index is 2.50. The molecular formula is C10H8F2N2O. The number of rotatable bonds is 2.